The van der Waals surface area contributed by atoms with Crippen LogP contribution < -0.4 is 15.9 Å². The number of esters is 1. The summed E-state index contributed by atoms with van der Waals surface area (Å²) in [6, 6.07) is 41.2. The van der Waals surface area contributed by atoms with E-state index in [-0.39, 0.29) is 5.97 Å². The smallest absolute Gasteiger partial charge is 0.338 e. The number of hydrogen-bond donors (Lipinski definition) is 0. The Kier molecular flexibility index (Phi) is 7.27. The average Bonchev–Trinajstić information content (AvgIpc) is 2.88. The Hall–Kier alpha value is -3.48. The lowest BCUT2D eigenvalue weighted by molar-refractivity contribution is 0.0511. The number of hydrogen-bond acceptors (Lipinski definition) is 2. The second-order valence-electron chi connectivity index (χ2n) is 7.40. The predicted octanol–water partition coefficient (Wildman–Crippen LogP) is 5.74. The third kappa shape index (κ3) is 4.88. The first-order valence-corrected chi connectivity index (χ1v) is 12.6. The van der Waals surface area contributed by atoms with Crippen LogP contribution in [0.1, 0.15) is 16.8 Å². The summed E-state index contributed by atoms with van der Waals surface area (Å²) in [6.07, 6.45) is 2.83. The molecule has 0 aliphatic carbocycles. The van der Waals surface area contributed by atoms with Crippen molar-refractivity contribution in [3.05, 3.63) is 139 Å². The molecular weight excluding hydrogens is 411 g/mol. The molecule has 0 fully saturated rings. The summed E-state index contributed by atoms with van der Waals surface area (Å²) in [4.78, 5) is 12.2. The number of carbonyl (C=O) groups excluding carboxylic acids is 1. The molecule has 3 heteroatoms. The van der Waals surface area contributed by atoms with Crippen LogP contribution >= 0.6 is 7.26 Å². The third-order valence-corrected chi connectivity index (χ3v) is 9.34. The highest BCUT2D eigenvalue weighted by molar-refractivity contribution is 7.98. The fourth-order valence-corrected chi connectivity index (χ4v) is 7.61. The van der Waals surface area contributed by atoms with Gasteiger partial charge in [0.05, 0.1) is 18.0 Å². The van der Waals surface area contributed by atoms with E-state index in [1.54, 1.807) is 12.1 Å². The van der Waals surface area contributed by atoms with E-state index in [1.807, 2.05) is 18.2 Å². The first-order chi connectivity index (χ1) is 15.8. The molecule has 0 amide bonds. The molecule has 0 heterocycles. The zero-order valence-electron chi connectivity index (χ0n) is 17.9. The number of benzene rings is 4. The van der Waals surface area contributed by atoms with Gasteiger partial charge in [-0.3, -0.25) is 0 Å². The van der Waals surface area contributed by atoms with E-state index in [9.17, 15) is 4.79 Å². The second-order valence-corrected chi connectivity index (χ2v) is 10.7. The molecule has 0 atom stereocenters. The van der Waals surface area contributed by atoms with Crippen LogP contribution in [-0.2, 0) is 4.74 Å². The van der Waals surface area contributed by atoms with Crippen molar-refractivity contribution in [2.24, 2.45) is 0 Å². The zero-order chi connectivity index (χ0) is 22.1. The van der Waals surface area contributed by atoms with E-state index in [0.29, 0.717) is 18.6 Å². The fraction of sp³-hybridized carbons (Fsp3) is 0.0690. The first-order valence-electron chi connectivity index (χ1n) is 10.8. The Labute approximate surface area is 190 Å². The lowest BCUT2D eigenvalue weighted by atomic mass is 10.2. The van der Waals surface area contributed by atoms with Gasteiger partial charge in [-0.1, -0.05) is 72.8 Å². The Balaban J connectivity index is 1.63. The molecule has 32 heavy (non-hydrogen) atoms. The van der Waals surface area contributed by atoms with Crippen molar-refractivity contribution in [2.45, 2.75) is 6.42 Å². The van der Waals surface area contributed by atoms with Crippen LogP contribution in [0, 0.1) is 0 Å². The molecular formula is C29H26O2P+. The highest BCUT2D eigenvalue weighted by Gasteiger charge is 2.42. The van der Waals surface area contributed by atoms with E-state index < -0.39 is 7.26 Å². The summed E-state index contributed by atoms with van der Waals surface area (Å²) in [5.41, 5.74) is 0.580. The largest absolute Gasteiger partial charge is 0.462 e. The standard InChI is InChI=1S/C29H26O2P/c30-29(25-15-5-1-6-16-25)31-23-13-14-24-32(26-17-7-2-8-18-26,27-19-9-3-10-20-27)28-21-11-4-12-22-28/h1-12,14-22,24H,13,23H2/q+1/b24-14+. The van der Waals surface area contributed by atoms with Gasteiger partial charge in [-0.2, -0.15) is 0 Å². The maximum atomic E-state index is 12.2. The van der Waals surface area contributed by atoms with Gasteiger partial charge < -0.3 is 4.74 Å². The molecule has 2 nitrogen and oxygen atoms in total. The van der Waals surface area contributed by atoms with Gasteiger partial charge in [0.2, 0.25) is 0 Å². The summed E-state index contributed by atoms with van der Waals surface area (Å²) in [6.45, 7) is 0.350. The van der Waals surface area contributed by atoms with Gasteiger partial charge >= 0.3 is 5.97 Å². The van der Waals surface area contributed by atoms with Gasteiger partial charge in [0.25, 0.3) is 0 Å². The van der Waals surface area contributed by atoms with Gasteiger partial charge in [0, 0.05) is 6.42 Å². The highest BCUT2D eigenvalue weighted by Crippen LogP contribution is 2.56. The number of carbonyl (C=O) groups is 1. The van der Waals surface area contributed by atoms with Gasteiger partial charge in [-0.05, 0) is 54.6 Å². The molecule has 0 bridgehead atoms. The Morgan fingerprint density at radius 3 is 1.47 bits per heavy atom. The Morgan fingerprint density at radius 1 is 0.625 bits per heavy atom. The number of rotatable bonds is 8. The van der Waals surface area contributed by atoms with Crippen molar-refractivity contribution >= 4 is 29.1 Å². The molecule has 0 saturated carbocycles. The van der Waals surface area contributed by atoms with E-state index in [2.05, 4.69) is 103 Å². The van der Waals surface area contributed by atoms with Crippen molar-refractivity contribution in [1.29, 1.82) is 0 Å². The predicted molar refractivity (Wildman–Crippen MR) is 136 cm³/mol. The quantitative estimate of drug-likeness (QED) is 0.200. The summed E-state index contributed by atoms with van der Waals surface area (Å²) in [7, 11) is -2.00. The van der Waals surface area contributed by atoms with Gasteiger partial charge in [-0.25, -0.2) is 4.79 Å². The molecule has 0 unspecified atom stereocenters. The fourth-order valence-electron chi connectivity index (χ4n) is 3.80. The maximum absolute atomic E-state index is 12.2. The molecule has 0 spiro atoms. The van der Waals surface area contributed by atoms with E-state index in [0.717, 1.165) is 0 Å². The highest BCUT2D eigenvalue weighted by atomic mass is 31.2. The van der Waals surface area contributed by atoms with Crippen molar-refractivity contribution in [1.82, 2.24) is 0 Å². The van der Waals surface area contributed by atoms with Crippen LogP contribution in [0.25, 0.3) is 0 Å². The molecule has 0 radical (unpaired) electrons. The average molecular weight is 437 g/mol. The Morgan fingerprint density at radius 2 is 1.03 bits per heavy atom. The van der Waals surface area contributed by atoms with Crippen LogP contribution in [0.5, 0.6) is 0 Å². The normalized spacial score (nSPS) is 11.4. The Bertz CT molecular complexity index is 1040. The molecule has 158 valence electrons. The minimum absolute atomic E-state index is 0.283. The molecule has 0 aromatic heterocycles. The summed E-state index contributed by atoms with van der Waals surface area (Å²) in [5, 5.41) is 3.90. The monoisotopic (exact) mass is 437 g/mol. The lowest BCUT2D eigenvalue weighted by Crippen LogP contribution is -2.29. The molecule has 4 rings (SSSR count). The third-order valence-electron chi connectivity index (χ3n) is 5.35. The topological polar surface area (TPSA) is 26.3 Å². The molecule has 0 saturated heterocycles. The number of ether oxygens (including phenoxy) is 1. The van der Waals surface area contributed by atoms with Crippen molar-refractivity contribution in [3.63, 3.8) is 0 Å². The zero-order valence-corrected chi connectivity index (χ0v) is 18.8. The van der Waals surface area contributed by atoms with Crippen LogP contribution in [0.15, 0.2) is 133 Å². The van der Waals surface area contributed by atoms with Crippen molar-refractivity contribution in [3.8, 4) is 0 Å². The van der Waals surface area contributed by atoms with Gasteiger partial charge in [-0.15, -0.1) is 0 Å². The van der Waals surface area contributed by atoms with Crippen molar-refractivity contribution in [2.75, 3.05) is 6.61 Å². The minimum Gasteiger partial charge on any atom is -0.462 e. The second kappa shape index (κ2) is 10.7. The molecule has 0 aliphatic heterocycles. The molecule has 4 aromatic carbocycles. The van der Waals surface area contributed by atoms with E-state index in [4.69, 9.17) is 4.74 Å². The summed E-state index contributed by atoms with van der Waals surface area (Å²) < 4.78 is 5.48. The van der Waals surface area contributed by atoms with Crippen LogP contribution in [0.2, 0.25) is 0 Å². The minimum atomic E-state index is -2.00. The SMILES string of the molecule is O=C(OCC/C=C/[P+](c1ccccc1)(c1ccccc1)c1ccccc1)c1ccccc1. The lowest BCUT2D eigenvalue weighted by Gasteiger charge is -2.24. The maximum Gasteiger partial charge on any atom is 0.338 e. The van der Waals surface area contributed by atoms with Crippen LogP contribution in [-0.4, -0.2) is 12.6 Å². The van der Waals surface area contributed by atoms with Gasteiger partial charge in [0.1, 0.15) is 23.2 Å². The summed E-state index contributed by atoms with van der Waals surface area (Å²) in [5.74, 6) is 2.07. The van der Waals surface area contributed by atoms with E-state index >= 15 is 0 Å². The van der Waals surface area contributed by atoms with Crippen molar-refractivity contribution < 1.29 is 9.53 Å². The molecule has 0 N–H and O–H groups in total. The van der Waals surface area contributed by atoms with Crippen LogP contribution in [0.4, 0.5) is 0 Å². The summed E-state index contributed by atoms with van der Waals surface area (Å²) >= 11 is 0. The first kappa shape index (κ1) is 21.7. The van der Waals surface area contributed by atoms with E-state index in [1.165, 1.54) is 15.9 Å². The van der Waals surface area contributed by atoms with Gasteiger partial charge in [0.15, 0.2) is 0 Å². The molecule has 0 aliphatic rings. The molecule has 4 aromatic rings. The van der Waals surface area contributed by atoms with Crippen LogP contribution in [0.3, 0.4) is 0 Å².